The average molecular weight is 419 g/mol. The predicted molar refractivity (Wildman–Crippen MR) is 118 cm³/mol. The summed E-state index contributed by atoms with van der Waals surface area (Å²) >= 11 is 1.54. The first kappa shape index (κ1) is 18.7. The van der Waals surface area contributed by atoms with E-state index in [1.54, 1.807) is 4.52 Å². The number of carbonyl (C=O) groups is 1. The fourth-order valence-corrected chi connectivity index (χ4v) is 4.55. The van der Waals surface area contributed by atoms with Crippen LogP contribution in [0.1, 0.15) is 27.4 Å². The highest BCUT2D eigenvalue weighted by molar-refractivity contribution is 7.13. The van der Waals surface area contributed by atoms with E-state index < -0.39 is 0 Å². The molecule has 30 heavy (non-hydrogen) atoms. The Morgan fingerprint density at radius 1 is 1.03 bits per heavy atom. The van der Waals surface area contributed by atoms with Gasteiger partial charge in [-0.25, -0.2) is 0 Å². The first-order chi connectivity index (χ1) is 14.7. The average Bonchev–Trinajstić information content (AvgIpc) is 3.41. The van der Waals surface area contributed by atoms with Crippen LogP contribution in [0, 0.1) is 6.92 Å². The van der Waals surface area contributed by atoms with Crippen molar-refractivity contribution < 1.29 is 4.79 Å². The summed E-state index contributed by atoms with van der Waals surface area (Å²) in [5, 5.41) is 16.5. The summed E-state index contributed by atoms with van der Waals surface area (Å²) in [4.78, 5) is 16.6. The molecule has 152 valence electrons. The molecule has 1 aliphatic rings. The molecule has 0 spiro atoms. The van der Waals surface area contributed by atoms with Crippen molar-refractivity contribution in [2.75, 3.05) is 18.0 Å². The lowest BCUT2D eigenvalue weighted by Gasteiger charge is -2.33. The predicted octanol–water partition coefficient (Wildman–Crippen LogP) is 3.56. The van der Waals surface area contributed by atoms with Crippen LogP contribution in [0.4, 0.5) is 5.82 Å². The third-order valence-electron chi connectivity index (χ3n) is 5.40. The molecule has 0 aliphatic carbocycles. The second kappa shape index (κ2) is 7.87. The summed E-state index contributed by atoms with van der Waals surface area (Å²) in [6, 6.07) is 18.0. The van der Waals surface area contributed by atoms with Crippen LogP contribution < -0.4 is 10.2 Å². The van der Waals surface area contributed by atoms with Crippen molar-refractivity contribution in [1.29, 1.82) is 0 Å². The van der Waals surface area contributed by atoms with E-state index >= 15 is 0 Å². The standard InChI is InChI=1S/C22H22N6OS/c1-15-7-8-18(30-15)22(29)23-17-11-13-27(14-12-17)20-10-9-19-24-25-21(28(19)26-20)16-5-3-2-4-6-16/h2-10,17H,11-14H2,1H3,(H,23,29). The maximum atomic E-state index is 12.4. The van der Waals surface area contributed by atoms with Gasteiger partial charge in [-0.3, -0.25) is 4.79 Å². The normalized spacial score (nSPS) is 14.9. The number of aryl methyl sites for hydroxylation is 1. The largest absolute Gasteiger partial charge is 0.355 e. The highest BCUT2D eigenvalue weighted by Crippen LogP contribution is 2.22. The molecule has 3 aromatic heterocycles. The summed E-state index contributed by atoms with van der Waals surface area (Å²) in [6.45, 7) is 3.70. The molecule has 0 bridgehead atoms. The quantitative estimate of drug-likeness (QED) is 0.548. The van der Waals surface area contributed by atoms with Gasteiger partial charge in [-0.2, -0.15) is 4.52 Å². The lowest BCUT2D eigenvalue weighted by molar-refractivity contribution is 0.0935. The number of rotatable bonds is 4. The monoisotopic (exact) mass is 418 g/mol. The van der Waals surface area contributed by atoms with Gasteiger partial charge in [0.2, 0.25) is 0 Å². The van der Waals surface area contributed by atoms with Crippen molar-refractivity contribution in [3.63, 3.8) is 0 Å². The number of nitrogens with zero attached hydrogens (tertiary/aromatic N) is 5. The van der Waals surface area contributed by atoms with Crippen LogP contribution in [-0.2, 0) is 0 Å². The Morgan fingerprint density at radius 2 is 1.83 bits per heavy atom. The SMILES string of the molecule is Cc1ccc(C(=O)NC2CCN(c3ccc4nnc(-c5ccccc5)n4n3)CC2)s1. The number of anilines is 1. The van der Waals surface area contributed by atoms with Gasteiger partial charge in [-0.15, -0.1) is 26.6 Å². The van der Waals surface area contributed by atoms with Crippen molar-refractivity contribution >= 4 is 28.7 Å². The summed E-state index contributed by atoms with van der Waals surface area (Å²) in [6.07, 6.45) is 1.78. The van der Waals surface area contributed by atoms with E-state index in [2.05, 4.69) is 20.4 Å². The molecule has 1 aromatic carbocycles. The Labute approximate surface area is 178 Å². The Bertz CT molecular complexity index is 1180. The molecule has 4 aromatic rings. The van der Waals surface area contributed by atoms with Gasteiger partial charge in [-0.1, -0.05) is 30.3 Å². The Kier molecular flexibility index (Phi) is 4.92. The molecule has 0 radical (unpaired) electrons. The van der Waals surface area contributed by atoms with E-state index in [1.807, 2.05) is 61.5 Å². The number of amides is 1. The van der Waals surface area contributed by atoms with Gasteiger partial charge in [0, 0.05) is 29.6 Å². The molecule has 1 saturated heterocycles. The van der Waals surface area contributed by atoms with Crippen LogP contribution in [0.2, 0.25) is 0 Å². The Balaban J connectivity index is 1.28. The van der Waals surface area contributed by atoms with Crippen molar-refractivity contribution in [1.82, 2.24) is 25.1 Å². The van der Waals surface area contributed by atoms with Gasteiger partial charge in [-0.05, 0) is 44.0 Å². The smallest absolute Gasteiger partial charge is 0.261 e. The minimum atomic E-state index is 0.0306. The highest BCUT2D eigenvalue weighted by atomic mass is 32.1. The van der Waals surface area contributed by atoms with Gasteiger partial charge >= 0.3 is 0 Å². The fraction of sp³-hybridized carbons (Fsp3) is 0.273. The van der Waals surface area contributed by atoms with Crippen LogP contribution >= 0.6 is 11.3 Å². The maximum Gasteiger partial charge on any atom is 0.261 e. The van der Waals surface area contributed by atoms with Crippen LogP contribution in [0.25, 0.3) is 17.0 Å². The van der Waals surface area contributed by atoms with E-state index in [9.17, 15) is 4.79 Å². The van der Waals surface area contributed by atoms with Crippen LogP contribution in [0.15, 0.2) is 54.6 Å². The molecule has 1 fully saturated rings. The number of hydrogen-bond donors (Lipinski definition) is 1. The van der Waals surface area contributed by atoms with E-state index in [0.29, 0.717) is 0 Å². The molecule has 5 rings (SSSR count). The molecule has 0 atom stereocenters. The summed E-state index contributed by atoms with van der Waals surface area (Å²) in [5.74, 6) is 1.67. The number of piperidine rings is 1. The maximum absolute atomic E-state index is 12.4. The fourth-order valence-electron chi connectivity index (χ4n) is 3.78. The molecule has 7 nitrogen and oxygen atoms in total. The van der Waals surface area contributed by atoms with Crippen molar-refractivity contribution in [3.05, 3.63) is 64.4 Å². The molecule has 1 amide bonds. The number of hydrogen-bond acceptors (Lipinski definition) is 6. The van der Waals surface area contributed by atoms with E-state index in [-0.39, 0.29) is 11.9 Å². The molecule has 8 heteroatoms. The second-order valence-corrected chi connectivity index (χ2v) is 8.78. The van der Waals surface area contributed by atoms with Crippen molar-refractivity contribution in [2.24, 2.45) is 0 Å². The minimum absolute atomic E-state index is 0.0306. The second-order valence-electron chi connectivity index (χ2n) is 7.50. The third kappa shape index (κ3) is 3.66. The van der Waals surface area contributed by atoms with Gasteiger partial charge < -0.3 is 10.2 Å². The van der Waals surface area contributed by atoms with E-state index in [0.717, 1.165) is 58.5 Å². The van der Waals surface area contributed by atoms with Gasteiger partial charge in [0.05, 0.1) is 4.88 Å². The molecule has 0 unspecified atom stereocenters. The van der Waals surface area contributed by atoms with Crippen LogP contribution in [-0.4, -0.2) is 44.8 Å². The molecule has 1 aliphatic heterocycles. The zero-order chi connectivity index (χ0) is 20.5. The van der Waals surface area contributed by atoms with E-state index in [4.69, 9.17) is 5.10 Å². The molecular weight excluding hydrogens is 396 g/mol. The topological polar surface area (TPSA) is 75.4 Å². The molecule has 4 heterocycles. The number of aromatic nitrogens is 4. The van der Waals surface area contributed by atoms with Gasteiger partial charge in [0.25, 0.3) is 5.91 Å². The number of thiophene rings is 1. The molecule has 0 saturated carbocycles. The van der Waals surface area contributed by atoms with Crippen molar-refractivity contribution in [3.8, 4) is 11.4 Å². The van der Waals surface area contributed by atoms with Gasteiger partial charge in [0.1, 0.15) is 5.82 Å². The zero-order valence-corrected chi connectivity index (χ0v) is 17.5. The summed E-state index contributed by atoms with van der Waals surface area (Å²) in [7, 11) is 0. The van der Waals surface area contributed by atoms with Crippen LogP contribution in [0.3, 0.4) is 0 Å². The minimum Gasteiger partial charge on any atom is -0.355 e. The Morgan fingerprint density at radius 3 is 2.57 bits per heavy atom. The lowest BCUT2D eigenvalue weighted by atomic mass is 10.0. The number of benzene rings is 1. The molecular formula is C22H22N6OS. The third-order valence-corrected chi connectivity index (χ3v) is 6.40. The summed E-state index contributed by atoms with van der Waals surface area (Å²) < 4.78 is 1.80. The first-order valence-corrected chi connectivity index (χ1v) is 10.9. The highest BCUT2D eigenvalue weighted by Gasteiger charge is 2.23. The number of nitrogens with one attached hydrogen (secondary N) is 1. The summed E-state index contributed by atoms with van der Waals surface area (Å²) in [5.41, 5.74) is 1.71. The first-order valence-electron chi connectivity index (χ1n) is 10.1. The Hall–Kier alpha value is -3.26. The number of carbonyl (C=O) groups excluding carboxylic acids is 1. The zero-order valence-electron chi connectivity index (χ0n) is 16.7. The van der Waals surface area contributed by atoms with Crippen LogP contribution in [0.5, 0.6) is 0 Å². The van der Waals surface area contributed by atoms with Crippen molar-refractivity contribution in [2.45, 2.75) is 25.8 Å². The molecule has 1 N–H and O–H groups in total. The number of fused-ring (bicyclic) bond motifs is 1. The van der Waals surface area contributed by atoms with Gasteiger partial charge in [0.15, 0.2) is 11.5 Å². The van der Waals surface area contributed by atoms with E-state index in [1.165, 1.54) is 11.3 Å². The lowest BCUT2D eigenvalue weighted by Crippen LogP contribution is -2.44.